The number of benzene rings is 2. The highest BCUT2D eigenvalue weighted by molar-refractivity contribution is 6.30. The third-order valence-corrected chi connectivity index (χ3v) is 6.17. The molecule has 1 fully saturated rings. The van der Waals surface area contributed by atoms with E-state index >= 15 is 0 Å². The summed E-state index contributed by atoms with van der Waals surface area (Å²) < 4.78 is 10.7. The molecule has 2 unspecified atom stereocenters. The fraction of sp³-hybridized carbons (Fsp3) is 0.423. The summed E-state index contributed by atoms with van der Waals surface area (Å²) in [5, 5.41) is 3.38. The molecule has 2 aromatic rings. The van der Waals surface area contributed by atoms with Crippen molar-refractivity contribution < 1.29 is 23.9 Å². The topological polar surface area (TPSA) is 84.9 Å². The number of nitrogens with zero attached hydrogens (tertiary/aromatic N) is 1. The van der Waals surface area contributed by atoms with Crippen LogP contribution in [0.25, 0.3) is 0 Å². The summed E-state index contributed by atoms with van der Waals surface area (Å²) in [6, 6.07) is 14.1. The highest BCUT2D eigenvalue weighted by Gasteiger charge is 2.29. The van der Waals surface area contributed by atoms with E-state index in [4.69, 9.17) is 21.1 Å². The van der Waals surface area contributed by atoms with Gasteiger partial charge in [-0.1, -0.05) is 23.7 Å². The minimum Gasteiger partial charge on any atom is -0.484 e. The van der Waals surface area contributed by atoms with Gasteiger partial charge in [0.2, 0.25) is 0 Å². The molecule has 34 heavy (non-hydrogen) atoms. The number of nitrogens with one attached hydrogen (secondary N) is 1. The normalized spacial score (nSPS) is 17.7. The number of likely N-dealkylation sites (tertiary alicyclic amines) is 1. The molecule has 0 bridgehead atoms. The standard InChI is InChI=1S/C26H31ClN2O5/c1-18-4-3-5-19(2)29(18)25(31)17-33-23-12-8-21(9-13-23)26(32)34-16-24(30)28-15-14-20-6-10-22(27)11-7-20/h6-13,18-19H,3-5,14-17H2,1-2H3,(H,28,30). The number of halogens is 1. The van der Waals surface area contributed by atoms with E-state index in [1.165, 1.54) is 0 Å². The Morgan fingerprint density at radius 1 is 0.971 bits per heavy atom. The van der Waals surface area contributed by atoms with Crippen molar-refractivity contribution in [2.45, 2.75) is 51.6 Å². The summed E-state index contributed by atoms with van der Waals surface area (Å²) in [6.07, 6.45) is 3.80. The predicted octanol–water partition coefficient (Wildman–Crippen LogP) is 4.02. The summed E-state index contributed by atoms with van der Waals surface area (Å²) in [7, 11) is 0. The molecule has 0 saturated carbocycles. The molecule has 182 valence electrons. The maximum absolute atomic E-state index is 12.6. The van der Waals surface area contributed by atoms with Gasteiger partial charge in [-0.05, 0) is 81.5 Å². The van der Waals surface area contributed by atoms with Crippen LogP contribution in [0.4, 0.5) is 0 Å². The van der Waals surface area contributed by atoms with Crippen LogP contribution in [-0.4, -0.2) is 54.5 Å². The number of carbonyl (C=O) groups is 3. The van der Waals surface area contributed by atoms with Gasteiger partial charge in [0, 0.05) is 23.7 Å². The summed E-state index contributed by atoms with van der Waals surface area (Å²) in [5.41, 5.74) is 1.34. The Bertz CT molecular complexity index is 968. The van der Waals surface area contributed by atoms with Crippen LogP contribution < -0.4 is 10.1 Å². The zero-order valence-corrected chi connectivity index (χ0v) is 20.3. The molecule has 1 heterocycles. The van der Waals surface area contributed by atoms with Crippen LogP contribution in [0.3, 0.4) is 0 Å². The van der Waals surface area contributed by atoms with Crippen LogP contribution in [0.15, 0.2) is 48.5 Å². The lowest BCUT2D eigenvalue weighted by Gasteiger charge is -2.38. The van der Waals surface area contributed by atoms with E-state index < -0.39 is 5.97 Å². The zero-order valence-electron chi connectivity index (χ0n) is 19.6. The molecule has 2 atom stereocenters. The Hall–Kier alpha value is -3.06. The molecule has 1 aliphatic heterocycles. The zero-order chi connectivity index (χ0) is 24.5. The summed E-state index contributed by atoms with van der Waals surface area (Å²) in [5.74, 6) is -0.527. The van der Waals surface area contributed by atoms with E-state index in [0.717, 1.165) is 24.8 Å². The molecule has 1 aliphatic rings. The molecule has 7 nitrogen and oxygen atoms in total. The van der Waals surface area contributed by atoms with E-state index in [-0.39, 0.29) is 37.1 Å². The third-order valence-electron chi connectivity index (χ3n) is 5.92. The Morgan fingerprint density at radius 2 is 1.62 bits per heavy atom. The minimum atomic E-state index is -0.605. The number of hydrogen-bond donors (Lipinski definition) is 1. The fourth-order valence-electron chi connectivity index (χ4n) is 4.08. The largest absolute Gasteiger partial charge is 0.484 e. The van der Waals surface area contributed by atoms with Crippen LogP contribution in [0.1, 0.15) is 49.0 Å². The first-order valence-electron chi connectivity index (χ1n) is 11.6. The molecule has 1 saturated heterocycles. The Morgan fingerprint density at radius 3 is 2.26 bits per heavy atom. The maximum atomic E-state index is 12.6. The minimum absolute atomic E-state index is 0.0368. The van der Waals surface area contributed by atoms with Crippen molar-refractivity contribution in [2.24, 2.45) is 0 Å². The van der Waals surface area contributed by atoms with Gasteiger partial charge in [0.1, 0.15) is 5.75 Å². The van der Waals surface area contributed by atoms with Gasteiger partial charge in [0.25, 0.3) is 11.8 Å². The van der Waals surface area contributed by atoms with E-state index in [2.05, 4.69) is 19.2 Å². The maximum Gasteiger partial charge on any atom is 0.338 e. The molecule has 0 aromatic heterocycles. The number of ether oxygens (including phenoxy) is 2. The van der Waals surface area contributed by atoms with Crippen molar-refractivity contribution in [3.05, 3.63) is 64.7 Å². The number of amides is 2. The monoisotopic (exact) mass is 486 g/mol. The van der Waals surface area contributed by atoms with Crippen LogP contribution >= 0.6 is 11.6 Å². The molecule has 0 radical (unpaired) electrons. The van der Waals surface area contributed by atoms with Crippen molar-refractivity contribution in [3.8, 4) is 5.75 Å². The second-order valence-electron chi connectivity index (χ2n) is 8.55. The molecule has 3 rings (SSSR count). The number of rotatable bonds is 9. The lowest BCUT2D eigenvalue weighted by molar-refractivity contribution is -0.139. The van der Waals surface area contributed by atoms with Gasteiger partial charge in [-0.15, -0.1) is 0 Å². The summed E-state index contributed by atoms with van der Waals surface area (Å²) in [4.78, 5) is 38.6. The second kappa shape index (κ2) is 12.4. The Kier molecular flexibility index (Phi) is 9.33. The molecular formula is C26H31ClN2O5. The van der Waals surface area contributed by atoms with Gasteiger partial charge in [0.15, 0.2) is 13.2 Å². The average Bonchev–Trinajstić information content (AvgIpc) is 2.82. The molecule has 2 amide bonds. The highest BCUT2D eigenvalue weighted by atomic mass is 35.5. The van der Waals surface area contributed by atoms with Crippen LogP contribution in [0, 0.1) is 0 Å². The van der Waals surface area contributed by atoms with Gasteiger partial charge < -0.3 is 19.7 Å². The summed E-state index contributed by atoms with van der Waals surface area (Å²) >= 11 is 5.85. The van der Waals surface area contributed by atoms with Crippen molar-refractivity contribution in [1.82, 2.24) is 10.2 Å². The molecule has 0 spiro atoms. The predicted molar refractivity (Wildman–Crippen MR) is 130 cm³/mol. The smallest absolute Gasteiger partial charge is 0.338 e. The third kappa shape index (κ3) is 7.48. The molecule has 2 aromatic carbocycles. The van der Waals surface area contributed by atoms with Gasteiger partial charge in [-0.3, -0.25) is 9.59 Å². The van der Waals surface area contributed by atoms with E-state index in [1.807, 2.05) is 17.0 Å². The number of hydrogen-bond acceptors (Lipinski definition) is 5. The quantitative estimate of drug-likeness (QED) is 0.541. The van der Waals surface area contributed by atoms with Crippen molar-refractivity contribution in [3.63, 3.8) is 0 Å². The van der Waals surface area contributed by atoms with Crippen molar-refractivity contribution >= 4 is 29.4 Å². The van der Waals surface area contributed by atoms with Gasteiger partial charge in [-0.2, -0.15) is 0 Å². The Balaban J connectivity index is 1.38. The first kappa shape index (κ1) is 25.6. The summed E-state index contributed by atoms with van der Waals surface area (Å²) in [6.45, 7) is 4.15. The lowest BCUT2D eigenvalue weighted by atomic mass is 9.97. The second-order valence-corrected chi connectivity index (χ2v) is 8.98. The first-order valence-corrected chi connectivity index (χ1v) is 11.9. The van der Waals surface area contributed by atoms with Crippen LogP contribution in [0.5, 0.6) is 5.75 Å². The van der Waals surface area contributed by atoms with Crippen LogP contribution in [0.2, 0.25) is 5.02 Å². The molecule has 8 heteroatoms. The molecule has 0 aliphatic carbocycles. The Labute approximate surface area is 205 Å². The van der Waals surface area contributed by atoms with Crippen LogP contribution in [-0.2, 0) is 20.7 Å². The first-order chi connectivity index (χ1) is 16.3. The van der Waals surface area contributed by atoms with Gasteiger partial charge >= 0.3 is 5.97 Å². The number of carbonyl (C=O) groups excluding carboxylic acids is 3. The highest BCUT2D eigenvalue weighted by Crippen LogP contribution is 2.23. The lowest BCUT2D eigenvalue weighted by Crippen LogP contribution is -2.49. The van der Waals surface area contributed by atoms with E-state index in [9.17, 15) is 14.4 Å². The number of piperidine rings is 1. The van der Waals surface area contributed by atoms with E-state index in [1.54, 1.807) is 36.4 Å². The average molecular weight is 487 g/mol. The van der Waals surface area contributed by atoms with Crippen molar-refractivity contribution in [1.29, 1.82) is 0 Å². The van der Waals surface area contributed by atoms with E-state index in [0.29, 0.717) is 29.3 Å². The molecule has 1 N–H and O–H groups in total. The number of esters is 1. The van der Waals surface area contributed by atoms with Crippen molar-refractivity contribution in [2.75, 3.05) is 19.8 Å². The molecular weight excluding hydrogens is 456 g/mol. The fourth-order valence-corrected chi connectivity index (χ4v) is 4.21. The van der Waals surface area contributed by atoms with Gasteiger partial charge in [-0.25, -0.2) is 4.79 Å². The SMILES string of the molecule is CC1CCCC(C)N1C(=O)COc1ccc(C(=O)OCC(=O)NCCc2ccc(Cl)cc2)cc1. The van der Waals surface area contributed by atoms with Gasteiger partial charge in [0.05, 0.1) is 5.56 Å².